The highest BCUT2D eigenvalue weighted by Crippen LogP contribution is 2.53. The molecular formula is C80H61N3O3. The number of nitrogens with zero attached hydrogens (tertiary/aromatic N) is 3. The Labute approximate surface area is 497 Å². The minimum Gasteiger partial charge on any atom is -0.456 e. The van der Waals surface area contributed by atoms with E-state index in [1.165, 1.54) is 54.8 Å². The van der Waals surface area contributed by atoms with E-state index in [1.807, 2.05) is 0 Å². The Morgan fingerprint density at radius 3 is 1.50 bits per heavy atom. The van der Waals surface area contributed by atoms with Crippen molar-refractivity contribution in [1.29, 1.82) is 0 Å². The lowest BCUT2D eigenvalue weighted by atomic mass is 9.86. The summed E-state index contributed by atoms with van der Waals surface area (Å²) >= 11 is 0. The molecule has 0 bridgehead atoms. The van der Waals surface area contributed by atoms with Gasteiger partial charge in [0.05, 0.1) is 39.3 Å². The molecule has 0 atom stereocenters. The summed E-state index contributed by atoms with van der Waals surface area (Å²) in [7, 11) is 0. The molecule has 0 fully saturated rings. The first-order valence-electron chi connectivity index (χ1n) is 30.0. The third kappa shape index (κ3) is 7.26. The molecule has 0 radical (unpaired) electrons. The molecule has 0 N–H and O–H groups in total. The minimum absolute atomic E-state index is 0.100. The van der Waals surface area contributed by atoms with Gasteiger partial charge < -0.3 is 27.5 Å². The van der Waals surface area contributed by atoms with E-state index in [0.29, 0.717) is 0 Å². The lowest BCUT2D eigenvalue weighted by Gasteiger charge is -2.28. The zero-order valence-electron chi connectivity index (χ0n) is 49.4. The summed E-state index contributed by atoms with van der Waals surface area (Å²) in [5, 5.41) is 13.6. The predicted molar refractivity (Wildman–Crippen MR) is 362 cm³/mol. The van der Waals surface area contributed by atoms with Crippen molar-refractivity contribution in [2.75, 3.05) is 9.80 Å². The van der Waals surface area contributed by atoms with Gasteiger partial charge in [-0.3, -0.25) is 0 Å². The minimum atomic E-state index is -0.118. The van der Waals surface area contributed by atoms with Gasteiger partial charge in [-0.15, -0.1) is 0 Å². The number of benzene rings is 12. The van der Waals surface area contributed by atoms with Gasteiger partial charge in [-0.1, -0.05) is 193 Å². The molecular weight excluding hydrogens is 1050 g/mol. The SMILES string of the molecule is Cc1ccccc1N(c1ccc2c(c1)oc1cc3ccc4c5ccc(N(c6ccccc6C)c6cccc7c6oc6c(C(C)(C)C)cccc67)c6c7cc(-c8ccccc8)ccc7n(c4c3cc12)c56)c1cccc2c1oc1c(C(C)(C)C)cccc12. The lowest BCUT2D eigenvalue weighted by Crippen LogP contribution is -2.12. The van der Waals surface area contributed by atoms with Crippen LogP contribution in [0.15, 0.2) is 238 Å². The molecule has 12 aromatic carbocycles. The second-order valence-electron chi connectivity index (χ2n) is 25.7. The quantitative estimate of drug-likeness (QED) is 0.159. The van der Waals surface area contributed by atoms with Crippen LogP contribution in [0.4, 0.5) is 34.1 Å². The Balaban J connectivity index is 0.905. The van der Waals surface area contributed by atoms with E-state index in [4.69, 9.17) is 13.3 Å². The van der Waals surface area contributed by atoms with Crippen molar-refractivity contribution in [3.8, 4) is 11.1 Å². The van der Waals surface area contributed by atoms with Crippen LogP contribution in [0.1, 0.15) is 63.8 Å². The maximum absolute atomic E-state index is 7.22. The number of aryl methyl sites for hydroxylation is 2. The first kappa shape index (κ1) is 50.2. The molecule has 0 aliphatic rings. The topological polar surface area (TPSA) is 50.3 Å². The summed E-state index contributed by atoms with van der Waals surface area (Å²) in [5.41, 5.74) is 21.7. The van der Waals surface area contributed by atoms with Gasteiger partial charge in [0.15, 0.2) is 11.2 Å². The number of para-hydroxylation sites is 6. The summed E-state index contributed by atoms with van der Waals surface area (Å²) in [5.74, 6) is 0. The molecule has 0 saturated heterocycles. The molecule has 0 saturated carbocycles. The van der Waals surface area contributed by atoms with Crippen LogP contribution in [0.2, 0.25) is 0 Å². The van der Waals surface area contributed by atoms with Gasteiger partial charge in [0.1, 0.15) is 22.3 Å². The monoisotopic (exact) mass is 1110 g/mol. The predicted octanol–water partition coefficient (Wildman–Crippen LogP) is 23.5. The fourth-order valence-corrected chi connectivity index (χ4v) is 14.3. The number of aromatic nitrogens is 1. The van der Waals surface area contributed by atoms with E-state index >= 15 is 0 Å². The average Bonchev–Trinajstić information content (AvgIpc) is 1.54. The Hall–Kier alpha value is -10.3. The molecule has 0 aliphatic carbocycles. The number of furan rings is 3. The van der Waals surface area contributed by atoms with Gasteiger partial charge in [-0.05, 0) is 119 Å². The standard InChI is InChI=1S/C80H61N3O3/c1-46-20-12-14-30-64(46)81(68-32-18-26-57-55-24-16-28-62(79(3,4)5)75(55)85-77(57)68)51-36-38-52-60-45-59-50(43-70(60)84-71(52)44-51)34-37-53-54-39-41-67(72-61-42-49(48-22-10-9-11-23-48)35-40-66(61)83(73(53)59)74(54)72)82(65-31-15-13-21-47(65)2)69-33-19-27-58-56-25-17-29-63(80(6,7)8)76(56)86-78(58)69/h9-45H,1-8H3. The zero-order chi connectivity index (χ0) is 58.1. The van der Waals surface area contributed by atoms with Gasteiger partial charge in [0.2, 0.25) is 0 Å². The van der Waals surface area contributed by atoms with Crippen LogP contribution >= 0.6 is 0 Å². The summed E-state index contributed by atoms with van der Waals surface area (Å²) < 4.78 is 23.8. The Bertz CT molecular complexity index is 5660. The number of hydrogen-bond acceptors (Lipinski definition) is 5. The van der Waals surface area contributed by atoms with Crippen molar-refractivity contribution in [3.63, 3.8) is 0 Å². The van der Waals surface area contributed by atoms with E-state index in [2.05, 4.69) is 294 Å². The highest BCUT2D eigenvalue weighted by Gasteiger charge is 2.30. The van der Waals surface area contributed by atoms with Crippen LogP contribution < -0.4 is 9.80 Å². The van der Waals surface area contributed by atoms with Crippen molar-refractivity contribution in [3.05, 3.63) is 247 Å². The zero-order valence-corrected chi connectivity index (χ0v) is 49.4. The van der Waals surface area contributed by atoms with Crippen molar-refractivity contribution in [2.24, 2.45) is 0 Å². The molecule has 5 aromatic heterocycles. The van der Waals surface area contributed by atoms with E-state index < -0.39 is 0 Å². The number of anilines is 6. The summed E-state index contributed by atoms with van der Waals surface area (Å²) in [6, 6.07) is 82.1. The van der Waals surface area contributed by atoms with E-state index in [1.54, 1.807) is 0 Å². The molecule has 0 amide bonds. The maximum atomic E-state index is 7.22. The van der Waals surface area contributed by atoms with Crippen molar-refractivity contribution in [1.82, 2.24) is 4.40 Å². The Morgan fingerprint density at radius 2 is 0.860 bits per heavy atom. The van der Waals surface area contributed by atoms with Gasteiger partial charge in [0, 0.05) is 87.8 Å². The molecule has 6 heteroatoms. The van der Waals surface area contributed by atoms with Gasteiger partial charge in [-0.2, -0.15) is 0 Å². The third-order valence-electron chi connectivity index (χ3n) is 18.4. The van der Waals surface area contributed by atoms with Crippen molar-refractivity contribution < 1.29 is 13.3 Å². The molecule has 6 nitrogen and oxygen atoms in total. The van der Waals surface area contributed by atoms with Gasteiger partial charge >= 0.3 is 0 Å². The fourth-order valence-electron chi connectivity index (χ4n) is 14.3. The van der Waals surface area contributed by atoms with E-state index in [-0.39, 0.29) is 10.8 Å². The molecule has 0 unspecified atom stereocenters. The van der Waals surface area contributed by atoms with E-state index in [9.17, 15) is 0 Å². The molecule has 5 heterocycles. The first-order valence-corrected chi connectivity index (χ1v) is 30.0. The number of rotatable bonds is 7. The van der Waals surface area contributed by atoms with Crippen molar-refractivity contribution >= 4 is 149 Å². The van der Waals surface area contributed by atoms with Crippen LogP contribution in [0, 0.1) is 13.8 Å². The second kappa shape index (κ2) is 18.1. The summed E-state index contributed by atoms with van der Waals surface area (Å²) in [6.45, 7) is 17.9. The maximum Gasteiger partial charge on any atom is 0.159 e. The van der Waals surface area contributed by atoms with Gasteiger partial charge in [-0.25, -0.2) is 0 Å². The Kier molecular flexibility index (Phi) is 10.6. The molecule has 86 heavy (non-hydrogen) atoms. The summed E-state index contributed by atoms with van der Waals surface area (Å²) in [4.78, 5) is 4.80. The van der Waals surface area contributed by atoms with Crippen LogP contribution in [-0.4, -0.2) is 4.40 Å². The smallest absolute Gasteiger partial charge is 0.159 e. The second-order valence-corrected chi connectivity index (χ2v) is 25.7. The van der Waals surface area contributed by atoms with Crippen molar-refractivity contribution in [2.45, 2.75) is 66.2 Å². The fraction of sp³-hybridized carbons (Fsp3) is 0.125. The number of hydrogen-bond donors (Lipinski definition) is 0. The van der Waals surface area contributed by atoms with Crippen LogP contribution in [0.3, 0.4) is 0 Å². The highest BCUT2D eigenvalue weighted by atomic mass is 16.3. The number of fused-ring (bicyclic) bond motifs is 17. The van der Waals surface area contributed by atoms with Crippen LogP contribution in [0.25, 0.3) is 126 Å². The normalized spacial score (nSPS) is 12.7. The molecule has 17 rings (SSSR count). The lowest BCUT2D eigenvalue weighted by molar-refractivity contribution is 0.572. The molecule has 414 valence electrons. The molecule has 17 aromatic rings. The third-order valence-corrected chi connectivity index (χ3v) is 18.4. The molecule has 0 aliphatic heterocycles. The van der Waals surface area contributed by atoms with Crippen LogP contribution in [-0.2, 0) is 10.8 Å². The van der Waals surface area contributed by atoms with E-state index in [0.717, 1.165) is 127 Å². The largest absolute Gasteiger partial charge is 0.456 e. The van der Waals surface area contributed by atoms with Gasteiger partial charge in [0.25, 0.3) is 0 Å². The Morgan fingerprint density at radius 1 is 0.326 bits per heavy atom. The average molecular weight is 1110 g/mol. The highest BCUT2D eigenvalue weighted by molar-refractivity contribution is 6.32. The first-order chi connectivity index (χ1) is 41.8. The van der Waals surface area contributed by atoms with Crippen LogP contribution in [0.5, 0.6) is 0 Å². The summed E-state index contributed by atoms with van der Waals surface area (Å²) in [6.07, 6.45) is 0. The molecule has 0 spiro atoms.